The third-order valence-electron chi connectivity index (χ3n) is 4.17. The third kappa shape index (κ3) is 3.82. The summed E-state index contributed by atoms with van der Waals surface area (Å²) >= 11 is 0. The maximum absolute atomic E-state index is 12.0. The Hall–Kier alpha value is -2.63. The van der Waals surface area contributed by atoms with Crippen molar-refractivity contribution < 1.29 is 4.79 Å². The third-order valence-corrected chi connectivity index (χ3v) is 4.17. The summed E-state index contributed by atoms with van der Waals surface area (Å²) in [5.74, 6) is 0.888. The molecular weight excluding hydrogens is 302 g/mol. The van der Waals surface area contributed by atoms with E-state index in [0.29, 0.717) is 25.9 Å². The molecule has 0 atom stereocenters. The second-order valence-electron chi connectivity index (χ2n) is 6.21. The zero-order valence-electron chi connectivity index (χ0n) is 14.4. The number of amides is 1. The van der Waals surface area contributed by atoms with Crippen LogP contribution in [0.3, 0.4) is 0 Å². The summed E-state index contributed by atoms with van der Waals surface area (Å²) < 4.78 is 1.83. The van der Waals surface area contributed by atoms with Crippen molar-refractivity contribution in [1.82, 2.24) is 25.1 Å². The Morgan fingerprint density at radius 1 is 1.25 bits per heavy atom. The molecule has 126 valence electrons. The molecule has 3 rings (SSSR count). The van der Waals surface area contributed by atoms with Gasteiger partial charge in [0, 0.05) is 25.6 Å². The van der Waals surface area contributed by atoms with Crippen molar-refractivity contribution in [2.45, 2.75) is 40.2 Å². The first-order valence-electron chi connectivity index (χ1n) is 8.24. The number of benzene rings is 1. The number of hydrogen-bond acceptors (Lipinski definition) is 3. The Bertz CT molecular complexity index is 823. The Morgan fingerprint density at radius 2 is 2.04 bits per heavy atom. The van der Waals surface area contributed by atoms with Crippen molar-refractivity contribution in [3.63, 3.8) is 0 Å². The molecule has 0 saturated carbocycles. The number of aromatic nitrogens is 4. The number of nitrogens with one attached hydrogen (secondary N) is 2. The zero-order chi connectivity index (χ0) is 17.1. The van der Waals surface area contributed by atoms with E-state index in [4.69, 9.17) is 0 Å². The van der Waals surface area contributed by atoms with Gasteiger partial charge in [-0.1, -0.05) is 0 Å². The molecule has 0 unspecified atom stereocenters. The summed E-state index contributed by atoms with van der Waals surface area (Å²) in [7, 11) is 0. The largest absolute Gasteiger partial charge is 0.354 e. The summed E-state index contributed by atoms with van der Waals surface area (Å²) in [5.41, 5.74) is 5.44. The average Bonchev–Trinajstić information content (AvgIpc) is 3.12. The van der Waals surface area contributed by atoms with Gasteiger partial charge in [-0.15, -0.1) is 0 Å². The van der Waals surface area contributed by atoms with E-state index in [9.17, 15) is 4.79 Å². The van der Waals surface area contributed by atoms with E-state index in [-0.39, 0.29) is 5.91 Å². The highest BCUT2D eigenvalue weighted by atomic mass is 16.1. The molecule has 0 aliphatic heterocycles. The Morgan fingerprint density at radius 3 is 2.79 bits per heavy atom. The molecule has 24 heavy (non-hydrogen) atoms. The Kier molecular flexibility index (Phi) is 4.64. The monoisotopic (exact) mass is 325 g/mol. The van der Waals surface area contributed by atoms with Crippen molar-refractivity contribution in [2.24, 2.45) is 0 Å². The van der Waals surface area contributed by atoms with Crippen LogP contribution in [0.25, 0.3) is 11.0 Å². The van der Waals surface area contributed by atoms with E-state index >= 15 is 0 Å². The molecule has 2 N–H and O–H groups in total. The molecule has 0 spiro atoms. The second-order valence-corrected chi connectivity index (χ2v) is 6.21. The van der Waals surface area contributed by atoms with Gasteiger partial charge in [0.2, 0.25) is 5.91 Å². The van der Waals surface area contributed by atoms with Gasteiger partial charge in [-0.3, -0.25) is 9.48 Å². The molecule has 0 radical (unpaired) electrons. The van der Waals surface area contributed by atoms with Gasteiger partial charge in [-0.2, -0.15) is 5.10 Å². The molecule has 2 heterocycles. The molecule has 0 saturated heterocycles. The fraction of sp³-hybridized carbons (Fsp3) is 0.389. The lowest BCUT2D eigenvalue weighted by Crippen LogP contribution is -2.27. The van der Waals surface area contributed by atoms with E-state index in [1.54, 1.807) is 0 Å². The molecule has 6 nitrogen and oxygen atoms in total. The van der Waals surface area contributed by atoms with Crippen molar-refractivity contribution in [1.29, 1.82) is 0 Å². The van der Waals surface area contributed by atoms with E-state index < -0.39 is 0 Å². The summed E-state index contributed by atoms with van der Waals surface area (Å²) in [6.07, 6.45) is 2.95. The average molecular weight is 325 g/mol. The minimum absolute atomic E-state index is 0.0340. The van der Waals surface area contributed by atoms with Crippen LogP contribution in [0.2, 0.25) is 0 Å². The van der Waals surface area contributed by atoms with Crippen molar-refractivity contribution in [2.75, 3.05) is 6.54 Å². The number of nitrogens with zero attached hydrogens (tertiary/aromatic N) is 3. The lowest BCUT2D eigenvalue weighted by Gasteiger charge is -2.04. The minimum atomic E-state index is 0.0340. The molecule has 0 aliphatic rings. The van der Waals surface area contributed by atoms with Crippen LogP contribution in [-0.4, -0.2) is 32.2 Å². The fourth-order valence-corrected chi connectivity index (χ4v) is 2.66. The Labute approximate surface area is 141 Å². The van der Waals surface area contributed by atoms with E-state index in [1.165, 1.54) is 11.1 Å². The van der Waals surface area contributed by atoms with Crippen LogP contribution in [-0.2, 0) is 17.8 Å². The number of fused-ring (bicyclic) bond motifs is 1. The lowest BCUT2D eigenvalue weighted by molar-refractivity contribution is -0.121. The van der Waals surface area contributed by atoms with Crippen LogP contribution in [0.5, 0.6) is 0 Å². The maximum atomic E-state index is 12.0. The van der Waals surface area contributed by atoms with E-state index in [1.807, 2.05) is 23.9 Å². The number of H-pyrrole nitrogens is 1. The lowest BCUT2D eigenvalue weighted by atomic mass is 10.1. The first-order valence-corrected chi connectivity index (χ1v) is 8.24. The highest BCUT2D eigenvalue weighted by Gasteiger charge is 2.07. The summed E-state index contributed by atoms with van der Waals surface area (Å²) in [5, 5.41) is 7.21. The SMILES string of the molecule is Cc1ccn(CCNC(=O)CCc2nc3cc(C)c(C)cc3[nH]2)n1. The highest BCUT2D eigenvalue weighted by molar-refractivity contribution is 5.78. The van der Waals surface area contributed by atoms with Crippen LogP contribution < -0.4 is 5.32 Å². The van der Waals surface area contributed by atoms with Crippen molar-refractivity contribution in [3.8, 4) is 0 Å². The maximum Gasteiger partial charge on any atom is 0.220 e. The summed E-state index contributed by atoms with van der Waals surface area (Å²) in [4.78, 5) is 19.8. The number of rotatable bonds is 6. The Balaban J connectivity index is 1.49. The van der Waals surface area contributed by atoms with Gasteiger partial charge in [-0.05, 0) is 50.1 Å². The van der Waals surface area contributed by atoms with E-state index in [2.05, 4.69) is 46.4 Å². The van der Waals surface area contributed by atoms with Gasteiger partial charge in [0.05, 0.1) is 23.3 Å². The number of hydrogen-bond donors (Lipinski definition) is 2. The molecule has 6 heteroatoms. The van der Waals surface area contributed by atoms with Gasteiger partial charge >= 0.3 is 0 Å². The molecule has 2 aromatic heterocycles. The number of aryl methyl sites for hydroxylation is 4. The number of carbonyl (C=O) groups is 1. The number of carbonyl (C=O) groups excluding carboxylic acids is 1. The van der Waals surface area contributed by atoms with Crippen LogP contribution in [0.1, 0.15) is 29.1 Å². The van der Waals surface area contributed by atoms with Crippen LogP contribution in [0, 0.1) is 20.8 Å². The predicted molar refractivity (Wildman–Crippen MR) is 93.9 cm³/mol. The summed E-state index contributed by atoms with van der Waals surface area (Å²) in [6.45, 7) is 7.38. The summed E-state index contributed by atoms with van der Waals surface area (Å²) in [6, 6.07) is 6.14. The standard InChI is InChI=1S/C18H23N5O/c1-12-10-15-16(11-13(12)2)21-17(20-15)4-5-18(24)19-7-9-23-8-6-14(3)22-23/h6,8,10-11H,4-5,7,9H2,1-3H3,(H,19,24)(H,20,21). The molecule has 1 amide bonds. The highest BCUT2D eigenvalue weighted by Crippen LogP contribution is 2.17. The smallest absolute Gasteiger partial charge is 0.220 e. The van der Waals surface area contributed by atoms with Crippen LogP contribution in [0.15, 0.2) is 24.4 Å². The molecular formula is C18H23N5O. The molecule has 3 aromatic rings. The predicted octanol–water partition coefficient (Wildman–Crippen LogP) is 2.43. The zero-order valence-corrected chi connectivity index (χ0v) is 14.4. The van der Waals surface area contributed by atoms with Crippen molar-refractivity contribution in [3.05, 3.63) is 47.0 Å². The van der Waals surface area contributed by atoms with Crippen LogP contribution in [0.4, 0.5) is 0 Å². The van der Waals surface area contributed by atoms with Gasteiger partial charge < -0.3 is 10.3 Å². The van der Waals surface area contributed by atoms with Gasteiger partial charge in [-0.25, -0.2) is 4.98 Å². The van der Waals surface area contributed by atoms with Crippen LogP contribution >= 0.6 is 0 Å². The topological polar surface area (TPSA) is 75.6 Å². The van der Waals surface area contributed by atoms with Crippen molar-refractivity contribution >= 4 is 16.9 Å². The first kappa shape index (κ1) is 16.2. The second kappa shape index (κ2) is 6.86. The van der Waals surface area contributed by atoms with E-state index in [0.717, 1.165) is 22.6 Å². The van der Waals surface area contributed by atoms with Gasteiger partial charge in [0.25, 0.3) is 0 Å². The molecule has 0 aliphatic carbocycles. The first-order chi connectivity index (χ1) is 11.5. The minimum Gasteiger partial charge on any atom is -0.354 e. The molecule has 0 bridgehead atoms. The van der Waals surface area contributed by atoms with Gasteiger partial charge in [0.15, 0.2) is 0 Å². The number of aromatic amines is 1. The van der Waals surface area contributed by atoms with Gasteiger partial charge in [0.1, 0.15) is 5.82 Å². The quantitative estimate of drug-likeness (QED) is 0.731. The molecule has 1 aromatic carbocycles. The fourth-order valence-electron chi connectivity index (χ4n) is 2.66. The normalized spacial score (nSPS) is 11.1. The number of imidazole rings is 1. The molecule has 0 fully saturated rings.